The van der Waals surface area contributed by atoms with Crippen molar-refractivity contribution in [3.8, 4) is 28.0 Å². The molecule has 1 spiro atoms. The minimum absolute atomic E-state index is 0.0899. The molecule has 3 N–H and O–H groups in total. The number of ether oxygens (including phenoxy) is 1. The third-order valence-corrected chi connectivity index (χ3v) is 17.9. The Hall–Kier alpha value is -7.07. The van der Waals surface area contributed by atoms with Gasteiger partial charge in [0, 0.05) is 85.8 Å². The van der Waals surface area contributed by atoms with Gasteiger partial charge in [-0.2, -0.15) is 10.1 Å². The number of likely N-dealkylation sites (tertiary alicyclic amines) is 1. The van der Waals surface area contributed by atoms with Gasteiger partial charge in [-0.1, -0.05) is 48.0 Å². The lowest BCUT2D eigenvalue weighted by Crippen LogP contribution is -2.54. The molecule has 2 aromatic heterocycles. The number of amides is 4. The maximum atomic E-state index is 13.7. The number of imide groups is 2. The summed E-state index contributed by atoms with van der Waals surface area (Å²) in [6, 6.07) is 25.0. The lowest BCUT2D eigenvalue weighted by molar-refractivity contribution is -0.136. The number of aryl methyl sites for hydroxylation is 1. The minimum Gasteiger partial charge on any atom is -0.494 e. The lowest BCUT2D eigenvalue weighted by atomic mass is 9.71. The van der Waals surface area contributed by atoms with E-state index in [-0.39, 0.29) is 24.2 Å². The molecular weight excluding hydrogens is 989 g/mol. The fourth-order valence-electron chi connectivity index (χ4n) is 11.8. The van der Waals surface area contributed by atoms with Gasteiger partial charge < -0.3 is 34.6 Å². The summed E-state index contributed by atoms with van der Waals surface area (Å²) < 4.78 is 21.5. The van der Waals surface area contributed by atoms with Crippen molar-refractivity contribution in [3.63, 3.8) is 0 Å². The normalized spacial score (nSPS) is 19.4. The van der Waals surface area contributed by atoms with Gasteiger partial charge in [0.25, 0.3) is 11.8 Å². The minimum atomic E-state index is -2.74. The Morgan fingerprint density at radius 2 is 1.48 bits per heavy atom. The Balaban J connectivity index is 0.733. The number of carbonyl (C=O) groups is 4. The first-order chi connectivity index (χ1) is 36.1. The van der Waals surface area contributed by atoms with Crippen LogP contribution >= 0.6 is 18.7 Å². The van der Waals surface area contributed by atoms with E-state index < -0.39 is 30.9 Å². The summed E-state index contributed by atoms with van der Waals surface area (Å²) in [7, 11) is 0.836. The quantitative estimate of drug-likeness (QED) is 0.0780. The van der Waals surface area contributed by atoms with Crippen molar-refractivity contribution in [1.82, 2.24) is 34.9 Å². The Morgan fingerprint density at radius 1 is 0.747 bits per heavy atom. The van der Waals surface area contributed by atoms with Crippen LogP contribution in [-0.2, 0) is 21.2 Å². The van der Waals surface area contributed by atoms with Crippen molar-refractivity contribution in [3.05, 3.63) is 114 Å². The van der Waals surface area contributed by atoms with Crippen molar-refractivity contribution in [1.29, 1.82) is 0 Å². The molecular formula is C56H61ClN11O6P. The summed E-state index contributed by atoms with van der Waals surface area (Å²) in [5.74, 6) is -0.651. The van der Waals surface area contributed by atoms with E-state index in [1.165, 1.54) is 0 Å². The third kappa shape index (κ3) is 10.0. The summed E-state index contributed by atoms with van der Waals surface area (Å²) in [5.41, 5.74) is 8.17. The first-order valence-corrected chi connectivity index (χ1v) is 28.7. The van der Waals surface area contributed by atoms with E-state index in [9.17, 15) is 23.7 Å². The zero-order chi connectivity index (χ0) is 52.2. The lowest BCUT2D eigenvalue weighted by Gasteiger charge is -2.50. The zero-order valence-electron chi connectivity index (χ0n) is 42.6. The standard InChI is InChI=1S/C56H61ClN11O6P/c1-64-34-37(32-59-64)41-30-45(61-55-58-33-43(57)51(63-55)60-44-13-10-36(28-49(44)75(3,4)73)35-8-6-5-7-9-35)48(74-2)31-47(41)67-22-16-38(17-23-67)65-24-18-56(19-25-65)20-26-66(27-21-56)39-11-12-40-42(29-39)54(72)68(53(40)71)46-14-15-50(69)62-52(46)70/h5-13,28-34,38,46H,14-27H2,1-4H3,(H,62,69,70)(H2,58,60,61,63). The molecule has 11 rings (SSSR count). The fourth-order valence-corrected chi connectivity index (χ4v) is 13.1. The van der Waals surface area contributed by atoms with Crippen LogP contribution < -0.4 is 35.8 Å². The molecule has 0 bridgehead atoms. The number of hydrogen-bond acceptors (Lipinski definition) is 14. The average molecular weight is 1050 g/mol. The molecule has 0 radical (unpaired) electrons. The van der Waals surface area contributed by atoms with Crippen LogP contribution in [0.5, 0.6) is 5.75 Å². The van der Waals surface area contributed by atoms with E-state index in [2.05, 4.69) is 52.9 Å². The van der Waals surface area contributed by atoms with Crippen LogP contribution in [0.4, 0.5) is 34.5 Å². The van der Waals surface area contributed by atoms with Gasteiger partial charge in [-0.15, -0.1) is 0 Å². The maximum Gasteiger partial charge on any atom is 0.262 e. The van der Waals surface area contributed by atoms with Gasteiger partial charge in [-0.25, -0.2) is 4.98 Å². The predicted octanol–water partition coefficient (Wildman–Crippen LogP) is 8.69. The topological polar surface area (TPSA) is 187 Å². The molecule has 6 aromatic rings. The summed E-state index contributed by atoms with van der Waals surface area (Å²) >= 11 is 6.72. The monoisotopic (exact) mass is 1050 g/mol. The Labute approximate surface area is 441 Å². The second-order valence-corrected chi connectivity index (χ2v) is 24.6. The van der Waals surface area contributed by atoms with Gasteiger partial charge in [0.1, 0.15) is 24.0 Å². The molecule has 5 aliphatic rings. The largest absolute Gasteiger partial charge is 0.494 e. The van der Waals surface area contributed by atoms with E-state index in [0.29, 0.717) is 56.4 Å². The summed E-state index contributed by atoms with van der Waals surface area (Å²) in [6.45, 7) is 9.15. The first kappa shape index (κ1) is 50.1. The van der Waals surface area contributed by atoms with Crippen LogP contribution in [0.1, 0.15) is 72.1 Å². The first-order valence-electron chi connectivity index (χ1n) is 25.8. The Morgan fingerprint density at radius 3 is 2.17 bits per heavy atom. The van der Waals surface area contributed by atoms with E-state index in [1.54, 1.807) is 37.4 Å². The highest BCUT2D eigenvalue weighted by molar-refractivity contribution is 7.70. The molecule has 4 saturated heterocycles. The second-order valence-electron chi connectivity index (χ2n) is 21.0. The van der Waals surface area contributed by atoms with Crippen LogP contribution in [-0.4, -0.2) is 125 Å². The number of rotatable bonds is 12. The van der Waals surface area contributed by atoms with Gasteiger partial charge in [-0.3, -0.25) is 34.1 Å². The fraction of sp³-hybridized carbons (Fsp3) is 0.375. The number of piperidine rings is 4. The number of methoxy groups -OCH3 is 1. The molecule has 75 heavy (non-hydrogen) atoms. The zero-order valence-corrected chi connectivity index (χ0v) is 44.3. The number of aromatic nitrogens is 4. The molecule has 4 amide bonds. The molecule has 7 heterocycles. The molecule has 0 saturated carbocycles. The van der Waals surface area contributed by atoms with Crippen molar-refractivity contribution < 1.29 is 28.5 Å². The molecule has 1 atom stereocenters. The highest BCUT2D eigenvalue weighted by atomic mass is 35.5. The molecule has 0 aliphatic carbocycles. The second kappa shape index (κ2) is 20.2. The van der Waals surface area contributed by atoms with Crippen molar-refractivity contribution in [2.75, 3.05) is 80.1 Å². The van der Waals surface area contributed by atoms with E-state index in [1.807, 2.05) is 80.1 Å². The van der Waals surface area contributed by atoms with Gasteiger partial charge in [0.15, 0.2) is 5.82 Å². The van der Waals surface area contributed by atoms with Gasteiger partial charge in [-0.05, 0) is 124 Å². The smallest absolute Gasteiger partial charge is 0.262 e. The Kier molecular flexibility index (Phi) is 13.5. The number of hydrogen-bond donors (Lipinski definition) is 3. The Bertz CT molecular complexity index is 3260. The molecule has 17 nitrogen and oxygen atoms in total. The SMILES string of the molecule is COc1cc(N2CCC(N3CCC4(CCN(c5ccc6c(c5)C(=O)N(C5CCC(=O)NC5=O)C6=O)CC4)CC3)CC2)c(-c2cnn(C)c2)cc1Nc1ncc(Cl)c(Nc2ccc(-c3ccccc3)cc2P(C)(C)=O)n1. The van der Waals surface area contributed by atoms with E-state index >= 15 is 0 Å². The van der Waals surface area contributed by atoms with Crippen LogP contribution in [0.2, 0.25) is 5.02 Å². The van der Waals surface area contributed by atoms with E-state index in [4.69, 9.17) is 21.3 Å². The van der Waals surface area contributed by atoms with Gasteiger partial charge in [0.2, 0.25) is 17.8 Å². The van der Waals surface area contributed by atoms with E-state index in [0.717, 1.165) is 116 Å². The summed E-state index contributed by atoms with van der Waals surface area (Å²) in [6.07, 6.45) is 12.1. The van der Waals surface area contributed by atoms with Crippen molar-refractivity contribution in [2.45, 2.75) is 63.5 Å². The third-order valence-electron chi connectivity index (χ3n) is 16.1. The van der Waals surface area contributed by atoms with Crippen molar-refractivity contribution >= 4 is 82.2 Å². The number of halogens is 1. The number of anilines is 6. The van der Waals surface area contributed by atoms with Crippen LogP contribution in [0, 0.1) is 5.41 Å². The molecule has 4 fully saturated rings. The molecule has 19 heteroatoms. The number of carbonyl (C=O) groups excluding carboxylic acids is 4. The number of benzene rings is 4. The number of nitrogens with one attached hydrogen (secondary N) is 3. The number of nitrogens with zero attached hydrogens (tertiary/aromatic N) is 8. The van der Waals surface area contributed by atoms with Crippen LogP contribution in [0.15, 0.2) is 97.5 Å². The summed E-state index contributed by atoms with van der Waals surface area (Å²) in [4.78, 5) is 69.0. The highest BCUT2D eigenvalue weighted by Crippen LogP contribution is 2.46. The molecule has 388 valence electrons. The van der Waals surface area contributed by atoms with Crippen LogP contribution in [0.3, 0.4) is 0 Å². The molecule has 1 unspecified atom stereocenters. The predicted molar refractivity (Wildman–Crippen MR) is 293 cm³/mol. The maximum absolute atomic E-state index is 13.7. The van der Waals surface area contributed by atoms with Crippen molar-refractivity contribution in [2.24, 2.45) is 12.5 Å². The van der Waals surface area contributed by atoms with Crippen LogP contribution in [0.25, 0.3) is 22.3 Å². The molecule has 5 aliphatic heterocycles. The number of fused-ring (bicyclic) bond motifs is 1. The highest BCUT2D eigenvalue weighted by Gasteiger charge is 2.45. The summed E-state index contributed by atoms with van der Waals surface area (Å²) in [5, 5.41) is 14.6. The van der Waals surface area contributed by atoms with Gasteiger partial charge in [0.05, 0.1) is 42.0 Å². The van der Waals surface area contributed by atoms with Gasteiger partial charge >= 0.3 is 0 Å². The average Bonchev–Trinajstić information content (AvgIpc) is 3.97. The molecule has 4 aromatic carbocycles.